The minimum atomic E-state index is -1.25. The number of nitrogens with two attached hydrogens (primary N) is 4. The van der Waals surface area contributed by atoms with E-state index in [0.717, 1.165) is 5.56 Å². The van der Waals surface area contributed by atoms with Crippen LogP contribution in [-0.4, -0.2) is 114 Å². The van der Waals surface area contributed by atoms with Gasteiger partial charge in [0.2, 0.25) is 47.3 Å². The normalized spacial score (nSPS) is 14.2. The number of amidine groups is 1. The van der Waals surface area contributed by atoms with Crippen LogP contribution in [0.4, 0.5) is 0 Å². The molecule has 406 valence electrons. The Labute approximate surface area is 426 Å². The van der Waals surface area contributed by atoms with Gasteiger partial charge in [0.25, 0.3) is 0 Å². The molecule has 0 unspecified atom stereocenters. The second-order valence-electron chi connectivity index (χ2n) is 20.4. The number of nitrogens with one attached hydrogen (secondary N) is 9. The van der Waals surface area contributed by atoms with E-state index in [1.165, 1.54) is 6.92 Å². The second kappa shape index (κ2) is 32.6. The van der Waals surface area contributed by atoms with E-state index in [9.17, 15) is 38.4 Å². The molecule has 0 heterocycles. The molecule has 72 heavy (non-hydrogen) atoms. The molecule has 0 spiro atoms. The smallest absolute Gasteiger partial charge is 0.243 e. The van der Waals surface area contributed by atoms with Crippen LogP contribution >= 0.6 is 0 Å². The van der Waals surface area contributed by atoms with Crippen molar-refractivity contribution in [2.45, 2.75) is 176 Å². The molecule has 22 heteroatoms. The quantitative estimate of drug-likeness (QED) is 0.0262. The van der Waals surface area contributed by atoms with Gasteiger partial charge in [-0.1, -0.05) is 93.5 Å². The molecule has 0 radical (unpaired) electrons. The van der Waals surface area contributed by atoms with E-state index in [0.29, 0.717) is 31.4 Å². The molecule has 0 fully saturated rings. The van der Waals surface area contributed by atoms with Gasteiger partial charge in [0.1, 0.15) is 48.1 Å². The standard InChI is InChI=1S/C50H88N14O8/c1-27(2)23-37(58-32(11)65)47(70)64-41(31(9)10)49(72)62-39(25-29(5)6)46(69)61-38(24-28(3)4)45(68)59-36(16-14-22-56-50(54)55)44(67)63-40(30(7)8)48(71)60-35(15-12-13-21-51)43(66)57-26-33-17-19-34(20-18-33)42(52)53/h17-20,27-31,35-41H,12-16,21-26,51H2,1-11H3,(H3,52,53)(H,57,66)(H,58,65)(H,59,68)(H,60,71)(H,61,69)(H,62,72)(H,63,67)(H,64,70)(H4,54,55,56)/t35-,36-,37-,38-,39-,40-,41-/m0/s1. The first-order valence-electron chi connectivity index (χ1n) is 25.2. The first-order valence-corrected chi connectivity index (χ1v) is 25.2. The molecule has 1 aromatic rings. The Bertz CT molecular complexity index is 1970. The van der Waals surface area contributed by atoms with E-state index < -0.39 is 101 Å². The van der Waals surface area contributed by atoms with E-state index in [4.69, 9.17) is 28.3 Å². The van der Waals surface area contributed by atoms with Gasteiger partial charge < -0.3 is 65.5 Å². The molecule has 0 bridgehead atoms. The van der Waals surface area contributed by atoms with Crippen molar-refractivity contribution in [3.63, 3.8) is 0 Å². The molecule has 0 aliphatic carbocycles. The van der Waals surface area contributed by atoms with E-state index in [1.54, 1.807) is 52.0 Å². The minimum absolute atomic E-state index is 0.0228. The minimum Gasteiger partial charge on any atom is -0.384 e. The van der Waals surface area contributed by atoms with E-state index in [1.807, 2.05) is 41.5 Å². The average Bonchev–Trinajstić information content (AvgIpc) is 3.27. The molecule has 0 aliphatic heterocycles. The number of amides is 8. The van der Waals surface area contributed by atoms with Gasteiger partial charge in [0, 0.05) is 25.6 Å². The predicted molar refractivity (Wildman–Crippen MR) is 279 cm³/mol. The predicted octanol–water partition coefficient (Wildman–Crippen LogP) is 0.633. The topological polar surface area (TPSA) is 373 Å². The van der Waals surface area contributed by atoms with Crippen molar-refractivity contribution in [2.75, 3.05) is 13.1 Å². The van der Waals surface area contributed by atoms with E-state index in [-0.39, 0.29) is 74.7 Å². The molecule has 7 atom stereocenters. The number of rotatable bonds is 33. The Morgan fingerprint density at radius 3 is 1.32 bits per heavy atom. The molecule has 0 saturated carbocycles. The van der Waals surface area contributed by atoms with Crippen molar-refractivity contribution < 1.29 is 38.4 Å². The van der Waals surface area contributed by atoms with Gasteiger partial charge in [-0.2, -0.15) is 0 Å². The highest BCUT2D eigenvalue weighted by molar-refractivity contribution is 5.98. The van der Waals surface area contributed by atoms with Gasteiger partial charge in [-0.25, -0.2) is 0 Å². The van der Waals surface area contributed by atoms with Crippen LogP contribution in [-0.2, 0) is 44.9 Å². The zero-order valence-electron chi connectivity index (χ0n) is 44.5. The molecule has 0 saturated heterocycles. The van der Waals surface area contributed by atoms with E-state index >= 15 is 0 Å². The summed E-state index contributed by atoms with van der Waals surface area (Å²) in [4.78, 5) is 114. The van der Waals surface area contributed by atoms with Gasteiger partial charge in [-0.15, -0.1) is 0 Å². The number of guanidine groups is 1. The third-order valence-corrected chi connectivity index (χ3v) is 11.5. The average molecular weight is 1010 g/mol. The molecule has 22 nitrogen and oxygen atoms in total. The number of aliphatic imine (C=N–C) groups is 1. The Morgan fingerprint density at radius 2 is 0.903 bits per heavy atom. The lowest BCUT2D eigenvalue weighted by Gasteiger charge is -2.30. The fourth-order valence-electron chi connectivity index (χ4n) is 7.65. The molecule has 8 amide bonds. The maximum atomic E-state index is 14.3. The van der Waals surface area contributed by atoms with Crippen LogP contribution in [0.2, 0.25) is 0 Å². The highest BCUT2D eigenvalue weighted by Crippen LogP contribution is 2.14. The summed E-state index contributed by atoms with van der Waals surface area (Å²) >= 11 is 0. The Hall–Kier alpha value is -6.32. The fraction of sp³-hybridized carbons (Fsp3) is 0.680. The third-order valence-electron chi connectivity index (χ3n) is 11.5. The van der Waals surface area contributed by atoms with Crippen molar-refractivity contribution in [1.82, 2.24) is 42.5 Å². The molecular formula is C50H88N14O8. The van der Waals surface area contributed by atoms with Crippen LogP contribution in [0.3, 0.4) is 0 Å². The number of nitrogen functional groups attached to an aromatic ring is 1. The Balaban J connectivity index is 3.44. The van der Waals surface area contributed by atoms with Crippen molar-refractivity contribution in [2.24, 2.45) is 57.5 Å². The zero-order valence-corrected chi connectivity index (χ0v) is 44.5. The summed E-state index contributed by atoms with van der Waals surface area (Å²) in [6.45, 7) is 20.1. The van der Waals surface area contributed by atoms with Crippen LogP contribution < -0.4 is 65.5 Å². The molecule has 1 rings (SSSR count). The summed E-state index contributed by atoms with van der Waals surface area (Å²) in [6, 6.07) is -0.867. The highest BCUT2D eigenvalue weighted by atomic mass is 16.2. The van der Waals surface area contributed by atoms with Gasteiger partial charge in [0.05, 0.1) is 0 Å². The summed E-state index contributed by atoms with van der Waals surface area (Å²) in [6.07, 6.45) is 2.30. The van der Waals surface area contributed by atoms with Gasteiger partial charge >= 0.3 is 0 Å². The lowest BCUT2D eigenvalue weighted by atomic mass is 9.97. The maximum Gasteiger partial charge on any atom is 0.243 e. The van der Waals surface area contributed by atoms with Gasteiger partial charge in [-0.3, -0.25) is 48.8 Å². The molecular weight excluding hydrogens is 925 g/mol. The van der Waals surface area contributed by atoms with Crippen molar-refractivity contribution in [1.29, 1.82) is 5.41 Å². The molecule has 17 N–H and O–H groups in total. The zero-order chi connectivity index (χ0) is 54.8. The largest absolute Gasteiger partial charge is 0.384 e. The Morgan fingerprint density at radius 1 is 0.514 bits per heavy atom. The summed E-state index contributed by atoms with van der Waals surface area (Å²) < 4.78 is 0. The second-order valence-corrected chi connectivity index (χ2v) is 20.4. The van der Waals surface area contributed by atoms with Crippen molar-refractivity contribution in [3.05, 3.63) is 35.4 Å². The number of hydrogen-bond donors (Lipinski definition) is 13. The van der Waals surface area contributed by atoms with Crippen molar-refractivity contribution >= 4 is 59.1 Å². The van der Waals surface area contributed by atoms with Gasteiger partial charge in [0.15, 0.2) is 5.96 Å². The number of benzene rings is 1. The molecule has 0 aliphatic rings. The maximum absolute atomic E-state index is 14.3. The molecule has 1 aromatic carbocycles. The van der Waals surface area contributed by atoms with Crippen LogP contribution in [0.25, 0.3) is 0 Å². The van der Waals surface area contributed by atoms with Crippen LogP contribution in [0.15, 0.2) is 29.3 Å². The first kappa shape index (κ1) is 63.7. The summed E-state index contributed by atoms with van der Waals surface area (Å²) in [7, 11) is 0. The Kier molecular flexibility index (Phi) is 28.9. The van der Waals surface area contributed by atoms with Crippen LogP contribution in [0.5, 0.6) is 0 Å². The number of carbonyl (C=O) groups is 8. The van der Waals surface area contributed by atoms with Crippen LogP contribution in [0, 0.1) is 35.0 Å². The number of hydrogen-bond acceptors (Lipinski definition) is 11. The van der Waals surface area contributed by atoms with E-state index in [2.05, 4.69) is 47.5 Å². The highest BCUT2D eigenvalue weighted by Gasteiger charge is 2.36. The summed E-state index contributed by atoms with van der Waals surface area (Å²) in [5.74, 6) is -6.06. The first-order chi connectivity index (χ1) is 33.7. The lowest BCUT2D eigenvalue weighted by Crippen LogP contribution is -2.61. The SMILES string of the molecule is CC(=O)N[C@@H](CC(C)C)C(=O)N[C@H](C(=O)N[C@@H](CC(C)C)C(=O)N[C@@H](CC(C)C)C(=O)N[C@@H](CCCN=C(N)N)C(=O)N[C@H](C(=O)N[C@@H](CCCCN)C(=O)NCc1ccc(C(=N)N)cc1)C(C)C)C(C)C. The summed E-state index contributed by atoms with van der Waals surface area (Å²) in [5, 5.41) is 29.8. The third kappa shape index (κ3) is 24.7. The molecule has 0 aromatic heterocycles. The lowest BCUT2D eigenvalue weighted by molar-refractivity contribution is -0.136. The summed E-state index contributed by atoms with van der Waals surface area (Å²) in [5.41, 5.74) is 23.7. The van der Waals surface area contributed by atoms with Crippen molar-refractivity contribution in [3.8, 4) is 0 Å². The monoisotopic (exact) mass is 1010 g/mol. The number of nitrogens with zero attached hydrogens (tertiary/aromatic N) is 1. The number of unbranched alkanes of at least 4 members (excludes halogenated alkanes) is 1. The number of carbonyl (C=O) groups excluding carboxylic acids is 8. The van der Waals surface area contributed by atoms with Crippen LogP contribution in [0.1, 0.15) is 139 Å². The fourth-order valence-corrected chi connectivity index (χ4v) is 7.65. The van der Waals surface area contributed by atoms with Gasteiger partial charge in [-0.05, 0) is 93.1 Å².